The SMILES string of the molecule is O=C(c1cnc(-c2cccnc2)nc1)N1CCOCC(CO)C1. The van der Waals surface area contributed by atoms with Gasteiger partial charge in [0.1, 0.15) is 0 Å². The Hall–Kier alpha value is -2.38. The molecule has 23 heavy (non-hydrogen) atoms. The molecular weight excluding hydrogens is 296 g/mol. The molecule has 3 rings (SSSR count). The van der Waals surface area contributed by atoms with Crippen molar-refractivity contribution in [2.45, 2.75) is 0 Å². The molecule has 1 atom stereocenters. The van der Waals surface area contributed by atoms with Crippen molar-refractivity contribution in [3.63, 3.8) is 0 Å². The van der Waals surface area contributed by atoms with Gasteiger partial charge in [0.25, 0.3) is 5.91 Å². The fourth-order valence-corrected chi connectivity index (χ4v) is 2.44. The topological polar surface area (TPSA) is 88.4 Å². The van der Waals surface area contributed by atoms with Gasteiger partial charge < -0.3 is 14.7 Å². The number of amides is 1. The summed E-state index contributed by atoms with van der Waals surface area (Å²) in [4.78, 5) is 26.8. The van der Waals surface area contributed by atoms with Gasteiger partial charge in [-0.1, -0.05) is 0 Å². The number of aliphatic hydroxyl groups is 1. The summed E-state index contributed by atoms with van der Waals surface area (Å²) in [6, 6.07) is 3.67. The lowest BCUT2D eigenvalue weighted by atomic mass is 10.1. The molecule has 7 nitrogen and oxygen atoms in total. The summed E-state index contributed by atoms with van der Waals surface area (Å²) in [6.45, 7) is 1.91. The van der Waals surface area contributed by atoms with Crippen LogP contribution in [0.15, 0.2) is 36.9 Å². The molecule has 0 saturated carbocycles. The van der Waals surface area contributed by atoms with Crippen LogP contribution < -0.4 is 0 Å². The predicted octanol–water partition coefficient (Wildman–Crippen LogP) is 0.619. The molecule has 1 fully saturated rings. The van der Waals surface area contributed by atoms with E-state index in [1.165, 1.54) is 12.4 Å². The average Bonchev–Trinajstić information content (AvgIpc) is 2.88. The summed E-state index contributed by atoms with van der Waals surface area (Å²) in [5.74, 6) is 0.325. The van der Waals surface area contributed by atoms with Crippen molar-refractivity contribution in [2.24, 2.45) is 5.92 Å². The van der Waals surface area contributed by atoms with Crippen molar-refractivity contribution in [3.05, 3.63) is 42.5 Å². The van der Waals surface area contributed by atoms with Crippen LogP contribution in [0.4, 0.5) is 0 Å². The molecule has 1 unspecified atom stereocenters. The van der Waals surface area contributed by atoms with Crippen LogP contribution in [-0.2, 0) is 4.74 Å². The van der Waals surface area contributed by atoms with Gasteiger partial charge >= 0.3 is 0 Å². The molecule has 0 spiro atoms. The van der Waals surface area contributed by atoms with Gasteiger partial charge in [0.15, 0.2) is 5.82 Å². The molecular formula is C16H18N4O3. The van der Waals surface area contributed by atoms with Gasteiger partial charge in [-0.3, -0.25) is 9.78 Å². The van der Waals surface area contributed by atoms with E-state index in [0.717, 1.165) is 5.56 Å². The zero-order chi connectivity index (χ0) is 16.1. The Morgan fingerprint density at radius 3 is 2.87 bits per heavy atom. The maximum absolute atomic E-state index is 12.6. The number of hydrogen-bond donors (Lipinski definition) is 1. The first-order chi connectivity index (χ1) is 11.3. The number of hydrogen-bond acceptors (Lipinski definition) is 6. The third-order valence-electron chi connectivity index (χ3n) is 3.70. The van der Waals surface area contributed by atoms with Crippen molar-refractivity contribution in [1.82, 2.24) is 19.9 Å². The van der Waals surface area contributed by atoms with E-state index in [0.29, 0.717) is 37.7 Å². The third-order valence-corrected chi connectivity index (χ3v) is 3.70. The van der Waals surface area contributed by atoms with E-state index in [1.807, 2.05) is 12.1 Å². The van der Waals surface area contributed by atoms with Crippen LogP contribution in [0.5, 0.6) is 0 Å². The molecule has 0 aliphatic carbocycles. The van der Waals surface area contributed by atoms with Crippen molar-refractivity contribution in [3.8, 4) is 11.4 Å². The highest BCUT2D eigenvalue weighted by molar-refractivity contribution is 5.93. The molecule has 0 radical (unpaired) electrons. The molecule has 1 amide bonds. The Bertz CT molecular complexity index is 648. The number of rotatable bonds is 3. The molecule has 0 bridgehead atoms. The van der Waals surface area contributed by atoms with Crippen molar-refractivity contribution in [1.29, 1.82) is 0 Å². The number of carbonyl (C=O) groups excluding carboxylic acids is 1. The molecule has 3 heterocycles. The van der Waals surface area contributed by atoms with Gasteiger partial charge in [-0.15, -0.1) is 0 Å². The predicted molar refractivity (Wildman–Crippen MR) is 82.6 cm³/mol. The van der Waals surface area contributed by atoms with E-state index in [4.69, 9.17) is 4.74 Å². The molecule has 1 aliphatic heterocycles. The second-order valence-electron chi connectivity index (χ2n) is 5.41. The molecule has 0 aromatic carbocycles. The van der Waals surface area contributed by atoms with Crippen molar-refractivity contribution >= 4 is 5.91 Å². The van der Waals surface area contributed by atoms with Crippen LogP contribution in [0.3, 0.4) is 0 Å². The summed E-state index contributed by atoms with van der Waals surface area (Å²) in [5, 5.41) is 9.30. The minimum Gasteiger partial charge on any atom is -0.396 e. The summed E-state index contributed by atoms with van der Waals surface area (Å²) >= 11 is 0. The van der Waals surface area contributed by atoms with Crippen molar-refractivity contribution < 1.29 is 14.6 Å². The fraction of sp³-hybridized carbons (Fsp3) is 0.375. The highest BCUT2D eigenvalue weighted by Gasteiger charge is 2.23. The first-order valence-corrected chi connectivity index (χ1v) is 7.48. The molecule has 1 N–H and O–H groups in total. The Morgan fingerprint density at radius 1 is 1.35 bits per heavy atom. The van der Waals surface area contributed by atoms with Gasteiger partial charge in [-0.2, -0.15) is 0 Å². The van der Waals surface area contributed by atoms with Gasteiger partial charge in [-0.25, -0.2) is 9.97 Å². The summed E-state index contributed by atoms with van der Waals surface area (Å²) in [7, 11) is 0. The number of aromatic nitrogens is 3. The molecule has 120 valence electrons. The van der Waals surface area contributed by atoms with Gasteiger partial charge in [0, 0.05) is 56.0 Å². The quantitative estimate of drug-likeness (QED) is 0.893. The minimum atomic E-state index is -0.147. The monoisotopic (exact) mass is 314 g/mol. The van der Waals surface area contributed by atoms with E-state index in [1.54, 1.807) is 17.3 Å². The number of ether oxygens (including phenoxy) is 1. The molecule has 1 saturated heterocycles. The fourth-order valence-electron chi connectivity index (χ4n) is 2.44. The van der Waals surface area contributed by atoms with Crippen LogP contribution in [0.1, 0.15) is 10.4 Å². The van der Waals surface area contributed by atoms with E-state index in [-0.39, 0.29) is 18.4 Å². The third kappa shape index (κ3) is 3.69. The standard InChI is InChI=1S/C16H18N4O3/c21-10-12-9-20(4-5-23-11-12)16(22)14-7-18-15(19-8-14)13-2-1-3-17-6-13/h1-3,6-8,12,21H,4-5,9-11H2. The Kier molecular flexibility index (Phi) is 4.89. The Labute approximate surface area is 134 Å². The Morgan fingerprint density at radius 2 is 2.17 bits per heavy atom. The molecule has 2 aromatic heterocycles. The van der Waals surface area contributed by atoms with Crippen LogP contribution >= 0.6 is 0 Å². The van der Waals surface area contributed by atoms with E-state index in [9.17, 15) is 9.90 Å². The number of nitrogens with zero attached hydrogens (tertiary/aromatic N) is 4. The van der Waals surface area contributed by atoms with E-state index < -0.39 is 0 Å². The largest absolute Gasteiger partial charge is 0.396 e. The summed E-state index contributed by atoms with van der Waals surface area (Å²) in [6.07, 6.45) is 6.41. The summed E-state index contributed by atoms with van der Waals surface area (Å²) < 4.78 is 5.40. The van der Waals surface area contributed by atoms with Gasteiger partial charge in [0.05, 0.1) is 18.8 Å². The first kappa shape index (κ1) is 15.5. The highest BCUT2D eigenvalue weighted by atomic mass is 16.5. The minimum absolute atomic E-state index is 0.000223. The number of pyridine rings is 1. The van der Waals surface area contributed by atoms with E-state index in [2.05, 4.69) is 15.0 Å². The highest BCUT2D eigenvalue weighted by Crippen LogP contribution is 2.14. The molecule has 2 aromatic rings. The lowest BCUT2D eigenvalue weighted by molar-refractivity contribution is 0.0727. The second-order valence-corrected chi connectivity index (χ2v) is 5.41. The molecule has 1 aliphatic rings. The van der Waals surface area contributed by atoms with E-state index >= 15 is 0 Å². The zero-order valence-electron chi connectivity index (χ0n) is 12.6. The second kappa shape index (κ2) is 7.26. The van der Waals surface area contributed by atoms with Crippen LogP contribution in [0, 0.1) is 5.92 Å². The average molecular weight is 314 g/mol. The van der Waals surface area contributed by atoms with Crippen LogP contribution in [0.25, 0.3) is 11.4 Å². The van der Waals surface area contributed by atoms with Gasteiger partial charge in [0.2, 0.25) is 0 Å². The van der Waals surface area contributed by atoms with Gasteiger partial charge in [-0.05, 0) is 12.1 Å². The zero-order valence-corrected chi connectivity index (χ0v) is 12.6. The van der Waals surface area contributed by atoms with Crippen molar-refractivity contribution in [2.75, 3.05) is 32.9 Å². The lowest BCUT2D eigenvalue weighted by Gasteiger charge is -2.22. The van der Waals surface area contributed by atoms with Crippen LogP contribution in [0.2, 0.25) is 0 Å². The smallest absolute Gasteiger partial charge is 0.257 e. The number of aliphatic hydroxyl groups excluding tert-OH is 1. The Balaban J connectivity index is 1.74. The lowest BCUT2D eigenvalue weighted by Crippen LogP contribution is -2.36. The summed E-state index contributed by atoms with van der Waals surface area (Å²) in [5.41, 5.74) is 1.23. The maximum atomic E-state index is 12.6. The normalized spacial score (nSPS) is 18.5. The first-order valence-electron chi connectivity index (χ1n) is 7.48. The van der Waals surface area contributed by atoms with Crippen LogP contribution in [-0.4, -0.2) is 63.8 Å². The molecule has 7 heteroatoms. The maximum Gasteiger partial charge on any atom is 0.257 e. The number of carbonyl (C=O) groups is 1.